The lowest BCUT2D eigenvalue weighted by molar-refractivity contribution is 0.0460. The molecule has 2 amide bonds. The van der Waals surface area contributed by atoms with Crippen molar-refractivity contribution in [1.29, 1.82) is 0 Å². The molecule has 0 radical (unpaired) electrons. The standard InChI is InChI=1S/C19H20N6O3/c1-13(2)20-19(27)21-16-11-7-6-10-15(16)18(26)28-12-17-22-23-24-25(17)14-8-4-3-5-9-14/h3-11,13H,12H2,1-2H3,(H2,20,21,27). The SMILES string of the molecule is CC(C)NC(=O)Nc1ccccc1C(=O)OCc1nnnn1-c1ccccc1. The predicted molar refractivity (Wildman–Crippen MR) is 102 cm³/mol. The van der Waals surface area contributed by atoms with Gasteiger partial charge in [-0.15, -0.1) is 5.10 Å². The monoisotopic (exact) mass is 380 g/mol. The van der Waals surface area contributed by atoms with Crippen LogP contribution in [0.5, 0.6) is 0 Å². The summed E-state index contributed by atoms with van der Waals surface area (Å²) in [5.41, 5.74) is 1.35. The van der Waals surface area contributed by atoms with E-state index in [4.69, 9.17) is 4.74 Å². The van der Waals surface area contributed by atoms with Gasteiger partial charge in [0.25, 0.3) is 0 Å². The number of carbonyl (C=O) groups is 2. The fraction of sp³-hybridized carbons (Fsp3) is 0.211. The molecule has 1 heterocycles. The van der Waals surface area contributed by atoms with Gasteiger partial charge in [-0.05, 0) is 48.5 Å². The lowest BCUT2D eigenvalue weighted by Crippen LogP contribution is -2.34. The molecule has 0 atom stereocenters. The Balaban J connectivity index is 1.70. The largest absolute Gasteiger partial charge is 0.454 e. The van der Waals surface area contributed by atoms with E-state index < -0.39 is 12.0 Å². The third-order valence-electron chi connectivity index (χ3n) is 3.68. The zero-order valence-corrected chi connectivity index (χ0v) is 15.5. The number of ether oxygens (including phenoxy) is 1. The lowest BCUT2D eigenvalue weighted by Gasteiger charge is -2.13. The van der Waals surface area contributed by atoms with Crippen molar-refractivity contribution in [3.05, 3.63) is 66.0 Å². The van der Waals surface area contributed by atoms with Crippen molar-refractivity contribution >= 4 is 17.7 Å². The second kappa shape index (κ2) is 8.76. The topological polar surface area (TPSA) is 111 Å². The van der Waals surface area contributed by atoms with Crippen LogP contribution < -0.4 is 10.6 Å². The summed E-state index contributed by atoms with van der Waals surface area (Å²) < 4.78 is 6.86. The van der Waals surface area contributed by atoms with E-state index in [1.807, 2.05) is 44.2 Å². The minimum absolute atomic E-state index is 0.0315. The number of para-hydroxylation sites is 2. The second-order valence-electron chi connectivity index (χ2n) is 6.22. The van der Waals surface area contributed by atoms with Crippen LogP contribution in [-0.4, -0.2) is 38.2 Å². The number of esters is 1. The van der Waals surface area contributed by atoms with Crippen molar-refractivity contribution < 1.29 is 14.3 Å². The van der Waals surface area contributed by atoms with Crippen molar-refractivity contribution in [1.82, 2.24) is 25.5 Å². The highest BCUT2D eigenvalue weighted by Gasteiger charge is 2.17. The number of anilines is 1. The average molecular weight is 380 g/mol. The summed E-state index contributed by atoms with van der Waals surface area (Å²) in [5, 5.41) is 16.8. The maximum Gasteiger partial charge on any atom is 0.340 e. The van der Waals surface area contributed by atoms with Gasteiger partial charge in [0.05, 0.1) is 16.9 Å². The Morgan fingerprint density at radius 1 is 1.07 bits per heavy atom. The number of urea groups is 1. The number of aromatic nitrogens is 4. The number of amides is 2. The van der Waals surface area contributed by atoms with E-state index >= 15 is 0 Å². The zero-order valence-electron chi connectivity index (χ0n) is 15.5. The van der Waals surface area contributed by atoms with Gasteiger partial charge in [-0.1, -0.05) is 30.3 Å². The highest BCUT2D eigenvalue weighted by Crippen LogP contribution is 2.17. The Morgan fingerprint density at radius 2 is 1.79 bits per heavy atom. The van der Waals surface area contributed by atoms with Crippen molar-refractivity contribution in [2.45, 2.75) is 26.5 Å². The van der Waals surface area contributed by atoms with Gasteiger partial charge in [0.1, 0.15) is 0 Å². The summed E-state index contributed by atoms with van der Waals surface area (Å²) in [7, 11) is 0. The summed E-state index contributed by atoms with van der Waals surface area (Å²) in [6.45, 7) is 3.57. The molecule has 9 heteroatoms. The second-order valence-corrected chi connectivity index (χ2v) is 6.22. The minimum Gasteiger partial charge on any atom is -0.454 e. The first-order chi connectivity index (χ1) is 13.5. The van der Waals surface area contributed by atoms with Crippen LogP contribution in [0, 0.1) is 0 Å². The molecule has 0 fully saturated rings. The van der Waals surface area contributed by atoms with Crippen LogP contribution in [0.3, 0.4) is 0 Å². The maximum atomic E-state index is 12.5. The average Bonchev–Trinajstić information content (AvgIpc) is 3.15. The highest BCUT2D eigenvalue weighted by atomic mass is 16.5. The molecule has 0 saturated heterocycles. The number of hydrogen-bond acceptors (Lipinski definition) is 6. The smallest absolute Gasteiger partial charge is 0.340 e. The predicted octanol–water partition coefficient (Wildman–Crippen LogP) is 2.55. The van der Waals surface area contributed by atoms with Crippen LogP contribution >= 0.6 is 0 Å². The highest BCUT2D eigenvalue weighted by molar-refractivity contribution is 6.00. The molecule has 9 nitrogen and oxygen atoms in total. The number of benzene rings is 2. The van der Waals surface area contributed by atoms with Gasteiger partial charge >= 0.3 is 12.0 Å². The molecule has 3 rings (SSSR count). The Labute approximate surface area is 161 Å². The summed E-state index contributed by atoms with van der Waals surface area (Å²) >= 11 is 0. The number of hydrogen-bond donors (Lipinski definition) is 2. The number of nitrogens with one attached hydrogen (secondary N) is 2. The van der Waals surface area contributed by atoms with Gasteiger partial charge in [-0.3, -0.25) is 0 Å². The van der Waals surface area contributed by atoms with Gasteiger partial charge in [-0.2, -0.15) is 4.68 Å². The van der Waals surface area contributed by atoms with Gasteiger partial charge < -0.3 is 15.4 Å². The summed E-state index contributed by atoms with van der Waals surface area (Å²) in [5.74, 6) is -0.217. The lowest BCUT2D eigenvalue weighted by atomic mass is 10.2. The van der Waals surface area contributed by atoms with Gasteiger partial charge in [0.2, 0.25) is 0 Å². The first-order valence-electron chi connectivity index (χ1n) is 8.71. The summed E-state index contributed by atoms with van der Waals surface area (Å²) in [4.78, 5) is 24.5. The molecule has 1 aromatic heterocycles. The van der Waals surface area contributed by atoms with Crippen LogP contribution in [0.1, 0.15) is 30.0 Å². The fourth-order valence-corrected chi connectivity index (χ4v) is 2.46. The van der Waals surface area contributed by atoms with Crippen LogP contribution in [0.2, 0.25) is 0 Å². The van der Waals surface area contributed by atoms with E-state index in [1.54, 1.807) is 24.3 Å². The van der Waals surface area contributed by atoms with Crippen molar-refractivity contribution in [3.8, 4) is 5.69 Å². The fourth-order valence-electron chi connectivity index (χ4n) is 2.46. The Morgan fingerprint density at radius 3 is 2.54 bits per heavy atom. The van der Waals surface area contributed by atoms with E-state index in [0.29, 0.717) is 11.5 Å². The third-order valence-corrected chi connectivity index (χ3v) is 3.68. The number of tetrazole rings is 1. The quantitative estimate of drug-likeness (QED) is 0.636. The first-order valence-corrected chi connectivity index (χ1v) is 8.71. The number of rotatable bonds is 6. The number of nitrogens with zero attached hydrogens (tertiary/aromatic N) is 4. The summed E-state index contributed by atoms with van der Waals surface area (Å²) in [6.07, 6.45) is 0. The molecule has 0 saturated carbocycles. The molecular weight excluding hydrogens is 360 g/mol. The van der Waals surface area contributed by atoms with Crippen LogP contribution in [0.25, 0.3) is 5.69 Å². The minimum atomic E-state index is -0.594. The van der Waals surface area contributed by atoms with E-state index in [2.05, 4.69) is 26.2 Å². The molecule has 28 heavy (non-hydrogen) atoms. The molecule has 2 aromatic carbocycles. The van der Waals surface area contributed by atoms with E-state index in [0.717, 1.165) is 5.69 Å². The van der Waals surface area contributed by atoms with Crippen molar-refractivity contribution in [2.75, 3.05) is 5.32 Å². The van der Waals surface area contributed by atoms with Gasteiger partial charge in [-0.25, -0.2) is 9.59 Å². The Hall–Kier alpha value is -3.75. The van der Waals surface area contributed by atoms with Crippen LogP contribution in [0.15, 0.2) is 54.6 Å². The molecule has 3 aromatic rings. The molecule has 2 N–H and O–H groups in total. The Bertz CT molecular complexity index is 955. The van der Waals surface area contributed by atoms with Crippen LogP contribution in [0.4, 0.5) is 10.5 Å². The van der Waals surface area contributed by atoms with E-state index in [-0.39, 0.29) is 18.2 Å². The molecule has 0 bridgehead atoms. The molecule has 0 aliphatic rings. The van der Waals surface area contributed by atoms with Gasteiger partial charge in [0, 0.05) is 6.04 Å². The molecule has 0 unspecified atom stereocenters. The van der Waals surface area contributed by atoms with E-state index in [1.165, 1.54) is 4.68 Å². The van der Waals surface area contributed by atoms with Crippen LogP contribution in [-0.2, 0) is 11.3 Å². The molecule has 0 spiro atoms. The molecular formula is C19H20N6O3. The van der Waals surface area contributed by atoms with E-state index in [9.17, 15) is 9.59 Å². The van der Waals surface area contributed by atoms with Crippen molar-refractivity contribution in [2.24, 2.45) is 0 Å². The Kier molecular flexibility index (Phi) is 5.95. The molecule has 144 valence electrons. The number of carbonyl (C=O) groups excluding carboxylic acids is 2. The maximum absolute atomic E-state index is 12.5. The molecule has 0 aliphatic heterocycles. The summed E-state index contributed by atoms with van der Waals surface area (Å²) in [6, 6.07) is 15.5. The first kappa shape index (κ1) is 19.0. The molecule has 0 aliphatic carbocycles. The third kappa shape index (κ3) is 4.70. The normalized spacial score (nSPS) is 10.5. The van der Waals surface area contributed by atoms with Gasteiger partial charge in [0.15, 0.2) is 12.4 Å². The zero-order chi connectivity index (χ0) is 19.9. The van der Waals surface area contributed by atoms with Crippen molar-refractivity contribution in [3.63, 3.8) is 0 Å².